The Morgan fingerprint density at radius 1 is 1.19 bits per heavy atom. The van der Waals surface area contributed by atoms with Gasteiger partial charge in [0.2, 0.25) is 0 Å². The summed E-state index contributed by atoms with van der Waals surface area (Å²) < 4.78 is 25.1. The van der Waals surface area contributed by atoms with Crippen molar-refractivity contribution in [2.75, 3.05) is 32.8 Å². The predicted octanol–water partition coefficient (Wildman–Crippen LogP) is 4.60. The summed E-state index contributed by atoms with van der Waals surface area (Å²) in [5.41, 5.74) is 0.546. The first-order chi connectivity index (χ1) is 12.9. The number of aliphatic hydroxyl groups is 1. The molecule has 0 bridgehead atoms. The Bertz CT molecular complexity index is 793. The summed E-state index contributed by atoms with van der Waals surface area (Å²) in [6.45, 7) is 2.07. The fraction of sp³-hybridized carbons (Fsp3) is 0.368. The van der Waals surface area contributed by atoms with Crippen LogP contribution < -0.4 is 4.74 Å². The van der Waals surface area contributed by atoms with Gasteiger partial charge in [-0.3, -0.25) is 4.90 Å². The molecule has 27 heavy (non-hydrogen) atoms. The predicted molar refractivity (Wildman–Crippen MR) is 105 cm³/mol. The standard InChI is InChI=1S/C19H19Cl3FNO3/c20-14-3-1-2-4-18(14)27-11-12(25)9-24-5-6-26-19(10-24)13-7-17(23)16(22)8-15(13)21/h1-4,7-8,12,19,25H,5-6,9-11H2. The number of β-amino-alcohol motifs (C(OH)–C–C–N with tert-alkyl or cyclic N) is 1. The Hall–Kier alpha value is -1.08. The molecule has 0 radical (unpaired) electrons. The molecule has 4 nitrogen and oxygen atoms in total. The van der Waals surface area contributed by atoms with Crippen LogP contribution in [0.4, 0.5) is 4.39 Å². The summed E-state index contributed by atoms with van der Waals surface area (Å²) in [4.78, 5) is 2.03. The Balaban J connectivity index is 1.56. The molecule has 146 valence electrons. The lowest BCUT2D eigenvalue weighted by Crippen LogP contribution is -2.43. The lowest BCUT2D eigenvalue weighted by Gasteiger charge is -2.34. The number of para-hydroxylation sites is 1. The Labute approximate surface area is 172 Å². The average molecular weight is 435 g/mol. The highest BCUT2D eigenvalue weighted by atomic mass is 35.5. The third kappa shape index (κ3) is 5.47. The smallest absolute Gasteiger partial charge is 0.142 e. The van der Waals surface area contributed by atoms with E-state index in [-0.39, 0.29) is 11.6 Å². The molecule has 1 aliphatic rings. The molecule has 2 aromatic carbocycles. The maximum atomic E-state index is 13.8. The van der Waals surface area contributed by atoms with E-state index >= 15 is 0 Å². The van der Waals surface area contributed by atoms with Gasteiger partial charge in [-0.25, -0.2) is 4.39 Å². The van der Waals surface area contributed by atoms with Gasteiger partial charge in [-0.15, -0.1) is 0 Å². The number of halogens is 4. The van der Waals surface area contributed by atoms with E-state index in [1.165, 1.54) is 12.1 Å². The van der Waals surface area contributed by atoms with E-state index in [1.54, 1.807) is 12.1 Å². The number of rotatable bonds is 6. The minimum Gasteiger partial charge on any atom is -0.489 e. The summed E-state index contributed by atoms with van der Waals surface area (Å²) in [7, 11) is 0. The number of hydrogen-bond acceptors (Lipinski definition) is 4. The summed E-state index contributed by atoms with van der Waals surface area (Å²) in [5.74, 6) is -0.00791. The maximum Gasteiger partial charge on any atom is 0.142 e. The highest BCUT2D eigenvalue weighted by Crippen LogP contribution is 2.32. The summed E-state index contributed by atoms with van der Waals surface area (Å²) in [6.07, 6.45) is -1.10. The van der Waals surface area contributed by atoms with E-state index in [0.717, 1.165) is 0 Å². The van der Waals surface area contributed by atoms with Crippen molar-refractivity contribution < 1.29 is 19.0 Å². The number of nitrogens with zero attached hydrogens (tertiary/aromatic N) is 1. The van der Waals surface area contributed by atoms with Crippen molar-refractivity contribution in [1.29, 1.82) is 0 Å². The molecule has 1 aliphatic heterocycles. The summed E-state index contributed by atoms with van der Waals surface area (Å²) >= 11 is 18.0. The fourth-order valence-electron chi connectivity index (χ4n) is 2.94. The van der Waals surface area contributed by atoms with Gasteiger partial charge < -0.3 is 14.6 Å². The summed E-state index contributed by atoms with van der Waals surface area (Å²) in [6, 6.07) is 9.78. The lowest BCUT2D eigenvalue weighted by atomic mass is 10.1. The molecule has 3 rings (SSSR count). The molecule has 0 spiro atoms. The van der Waals surface area contributed by atoms with E-state index in [1.807, 2.05) is 17.0 Å². The largest absolute Gasteiger partial charge is 0.489 e. The normalized spacial score (nSPS) is 19.1. The monoisotopic (exact) mass is 433 g/mol. The molecule has 2 unspecified atom stereocenters. The minimum absolute atomic E-state index is 0.0245. The SMILES string of the molecule is OC(COc1ccccc1Cl)CN1CCOC(c2cc(F)c(Cl)cc2Cl)C1. The molecular formula is C19H19Cl3FNO3. The van der Waals surface area contributed by atoms with Crippen molar-refractivity contribution in [3.05, 3.63) is 62.8 Å². The first-order valence-corrected chi connectivity index (χ1v) is 9.61. The van der Waals surface area contributed by atoms with Crippen molar-refractivity contribution in [2.45, 2.75) is 12.2 Å². The van der Waals surface area contributed by atoms with Gasteiger partial charge in [0.1, 0.15) is 24.3 Å². The molecule has 0 aromatic heterocycles. The van der Waals surface area contributed by atoms with Gasteiger partial charge in [-0.2, -0.15) is 0 Å². The molecule has 2 atom stereocenters. The molecule has 1 fully saturated rings. The molecule has 2 aromatic rings. The van der Waals surface area contributed by atoms with Crippen molar-refractivity contribution >= 4 is 34.8 Å². The van der Waals surface area contributed by atoms with Gasteiger partial charge in [-0.1, -0.05) is 46.9 Å². The first kappa shape index (κ1) is 20.6. The number of ether oxygens (including phenoxy) is 2. The molecule has 0 aliphatic carbocycles. The second-order valence-electron chi connectivity index (χ2n) is 6.30. The maximum absolute atomic E-state index is 13.8. The van der Waals surface area contributed by atoms with E-state index in [0.29, 0.717) is 47.6 Å². The lowest BCUT2D eigenvalue weighted by molar-refractivity contribution is -0.0460. The quantitative estimate of drug-likeness (QED) is 0.675. The zero-order chi connectivity index (χ0) is 19.4. The third-order valence-corrected chi connectivity index (χ3v) is 5.20. The third-order valence-electron chi connectivity index (χ3n) is 4.27. The molecule has 1 N–H and O–H groups in total. The van der Waals surface area contributed by atoms with Gasteiger partial charge in [0.25, 0.3) is 0 Å². The highest BCUT2D eigenvalue weighted by molar-refractivity contribution is 6.35. The Morgan fingerprint density at radius 2 is 1.96 bits per heavy atom. The van der Waals surface area contributed by atoms with E-state index in [9.17, 15) is 9.50 Å². The van der Waals surface area contributed by atoms with Crippen LogP contribution in [0.25, 0.3) is 0 Å². The van der Waals surface area contributed by atoms with Crippen molar-refractivity contribution in [2.24, 2.45) is 0 Å². The van der Waals surface area contributed by atoms with Crippen LogP contribution in [-0.2, 0) is 4.74 Å². The molecule has 8 heteroatoms. The van der Waals surface area contributed by atoms with Gasteiger partial charge in [0.15, 0.2) is 0 Å². The minimum atomic E-state index is -0.711. The van der Waals surface area contributed by atoms with Crippen molar-refractivity contribution in [3.8, 4) is 5.75 Å². The number of aliphatic hydroxyl groups excluding tert-OH is 1. The average Bonchev–Trinajstić information content (AvgIpc) is 2.64. The van der Waals surface area contributed by atoms with E-state index in [2.05, 4.69) is 0 Å². The fourth-order valence-corrected chi connectivity index (χ4v) is 3.63. The summed E-state index contributed by atoms with van der Waals surface area (Å²) in [5, 5.41) is 11.1. The highest BCUT2D eigenvalue weighted by Gasteiger charge is 2.26. The van der Waals surface area contributed by atoms with Crippen LogP contribution in [0.1, 0.15) is 11.7 Å². The van der Waals surface area contributed by atoms with Gasteiger partial charge in [0, 0.05) is 30.2 Å². The zero-order valence-corrected chi connectivity index (χ0v) is 16.6. The van der Waals surface area contributed by atoms with Crippen LogP contribution >= 0.6 is 34.8 Å². The number of morpholine rings is 1. The van der Waals surface area contributed by atoms with Crippen LogP contribution in [0.15, 0.2) is 36.4 Å². The van der Waals surface area contributed by atoms with Crippen molar-refractivity contribution in [3.63, 3.8) is 0 Å². The molecule has 1 heterocycles. The number of benzene rings is 2. The van der Waals surface area contributed by atoms with E-state index < -0.39 is 18.0 Å². The van der Waals surface area contributed by atoms with Crippen molar-refractivity contribution in [1.82, 2.24) is 4.90 Å². The van der Waals surface area contributed by atoms with Crippen LogP contribution in [0, 0.1) is 5.82 Å². The van der Waals surface area contributed by atoms with Gasteiger partial charge in [-0.05, 0) is 24.3 Å². The van der Waals surface area contributed by atoms with Gasteiger partial charge in [0.05, 0.1) is 22.8 Å². The Morgan fingerprint density at radius 3 is 2.74 bits per heavy atom. The zero-order valence-electron chi connectivity index (χ0n) is 14.4. The molecule has 0 amide bonds. The Kier molecular flexibility index (Phi) is 7.20. The van der Waals surface area contributed by atoms with Gasteiger partial charge >= 0.3 is 0 Å². The molecule has 0 saturated carbocycles. The second-order valence-corrected chi connectivity index (χ2v) is 7.52. The van der Waals surface area contributed by atoms with Crippen LogP contribution in [0.2, 0.25) is 15.1 Å². The first-order valence-electron chi connectivity index (χ1n) is 8.48. The molecular weight excluding hydrogens is 416 g/mol. The topological polar surface area (TPSA) is 41.9 Å². The van der Waals surface area contributed by atoms with E-state index in [4.69, 9.17) is 44.3 Å². The number of hydrogen-bond donors (Lipinski definition) is 1. The second kappa shape index (κ2) is 9.41. The van der Waals surface area contributed by atoms with Crippen LogP contribution in [0.3, 0.4) is 0 Å². The van der Waals surface area contributed by atoms with Crippen LogP contribution in [-0.4, -0.2) is 49.0 Å². The van der Waals surface area contributed by atoms with Crippen LogP contribution in [0.5, 0.6) is 5.75 Å². The molecule has 1 saturated heterocycles.